The molecule has 0 aliphatic carbocycles. The highest BCUT2D eigenvalue weighted by molar-refractivity contribution is 5.95. The van der Waals surface area contributed by atoms with Crippen LogP contribution in [0.5, 0.6) is 11.5 Å². The molecule has 0 bridgehead atoms. The number of esters is 1. The monoisotopic (exact) mass is 484 g/mol. The van der Waals surface area contributed by atoms with Gasteiger partial charge >= 0.3 is 17.9 Å². The van der Waals surface area contributed by atoms with Crippen LogP contribution in [0.4, 0.5) is 5.69 Å². The third-order valence-electron chi connectivity index (χ3n) is 5.05. The summed E-state index contributed by atoms with van der Waals surface area (Å²) in [5.74, 6) is -3.48. The van der Waals surface area contributed by atoms with Crippen LogP contribution < -0.4 is 26.3 Å². The van der Waals surface area contributed by atoms with Crippen LogP contribution in [0.3, 0.4) is 0 Å². The molecule has 2 aromatic carbocycles. The SMILES string of the molecule is NC(N)=Nc1ccc2c(c1)OCCc1cc(CCC(=O)NC(CC(=O)O)C(=O)O)ccc1OC2=O. The van der Waals surface area contributed by atoms with E-state index in [0.29, 0.717) is 23.4 Å². The minimum absolute atomic E-state index is 0.0581. The summed E-state index contributed by atoms with van der Waals surface area (Å²) >= 11 is 0. The number of carboxylic acids is 2. The van der Waals surface area contributed by atoms with Crippen molar-refractivity contribution in [2.24, 2.45) is 16.5 Å². The Labute approximate surface area is 199 Å². The van der Waals surface area contributed by atoms with Crippen molar-refractivity contribution in [3.05, 3.63) is 53.1 Å². The minimum Gasteiger partial charge on any atom is -0.492 e. The van der Waals surface area contributed by atoms with E-state index in [1.807, 2.05) is 0 Å². The number of nitrogens with zero attached hydrogens (tertiary/aromatic N) is 1. The molecule has 1 heterocycles. The lowest BCUT2D eigenvalue weighted by Crippen LogP contribution is -2.42. The molecule has 0 spiro atoms. The van der Waals surface area contributed by atoms with E-state index in [1.54, 1.807) is 24.3 Å². The number of nitrogens with one attached hydrogen (secondary N) is 1. The van der Waals surface area contributed by atoms with Crippen molar-refractivity contribution < 1.29 is 38.9 Å². The Balaban J connectivity index is 1.69. The zero-order chi connectivity index (χ0) is 25.5. The van der Waals surface area contributed by atoms with Gasteiger partial charge in [0.1, 0.15) is 23.1 Å². The number of guanidine groups is 1. The molecule has 0 saturated carbocycles. The number of rotatable bonds is 8. The molecule has 2 aromatic rings. The second-order valence-electron chi connectivity index (χ2n) is 7.70. The number of nitrogens with two attached hydrogens (primary N) is 2. The van der Waals surface area contributed by atoms with Gasteiger partial charge in [-0.3, -0.25) is 9.59 Å². The normalized spacial score (nSPS) is 13.3. The Morgan fingerprint density at radius 3 is 2.54 bits per heavy atom. The number of carbonyl (C=O) groups excluding carboxylic acids is 2. The van der Waals surface area contributed by atoms with Gasteiger partial charge in [-0.25, -0.2) is 14.6 Å². The van der Waals surface area contributed by atoms with Gasteiger partial charge in [0.15, 0.2) is 5.96 Å². The van der Waals surface area contributed by atoms with Crippen LogP contribution in [0, 0.1) is 0 Å². The standard InChI is InChI=1S/C23H24N4O8/c24-23(25)26-14-3-4-15-18(10-14)34-8-7-13-9-12(1-5-17(13)35-22(15)33)2-6-19(28)27-16(21(31)32)11-20(29)30/h1,3-5,9-10,16H,2,6-8,11H2,(H,27,28)(H,29,30)(H,31,32)(H4,24,25,26). The van der Waals surface area contributed by atoms with Gasteiger partial charge in [0.2, 0.25) is 5.91 Å². The number of aliphatic carboxylic acids is 2. The van der Waals surface area contributed by atoms with Crippen LogP contribution in [-0.4, -0.2) is 52.6 Å². The van der Waals surface area contributed by atoms with Crippen molar-refractivity contribution in [1.82, 2.24) is 5.32 Å². The van der Waals surface area contributed by atoms with Gasteiger partial charge in [0.05, 0.1) is 18.7 Å². The number of carbonyl (C=O) groups is 4. The number of fused-ring (bicyclic) bond motifs is 2. The Morgan fingerprint density at radius 1 is 1.09 bits per heavy atom. The molecule has 1 unspecified atom stereocenters. The molecule has 184 valence electrons. The third kappa shape index (κ3) is 6.93. The zero-order valence-electron chi connectivity index (χ0n) is 18.5. The summed E-state index contributed by atoms with van der Waals surface area (Å²) in [4.78, 5) is 50.7. The second-order valence-corrected chi connectivity index (χ2v) is 7.70. The van der Waals surface area contributed by atoms with E-state index < -0.39 is 36.3 Å². The highest BCUT2D eigenvalue weighted by atomic mass is 16.5. The van der Waals surface area contributed by atoms with Gasteiger partial charge in [0, 0.05) is 18.9 Å². The fourth-order valence-corrected chi connectivity index (χ4v) is 3.43. The zero-order valence-corrected chi connectivity index (χ0v) is 18.5. The molecule has 1 aliphatic rings. The Morgan fingerprint density at radius 2 is 1.86 bits per heavy atom. The van der Waals surface area contributed by atoms with Gasteiger partial charge in [0.25, 0.3) is 0 Å². The Kier molecular flexibility index (Phi) is 7.87. The summed E-state index contributed by atoms with van der Waals surface area (Å²) in [5.41, 5.74) is 12.9. The molecule has 0 saturated heterocycles. The molecule has 35 heavy (non-hydrogen) atoms. The first kappa shape index (κ1) is 25.0. The van der Waals surface area contributed by atoms with E-state index >= 15 is 0 Å². The predicted octanol–water partition coefficient (Wildman–Crippen LogP) is 0.722. The van der Waals surface area contributed by atoms with E-state index in [2.05, 4.69) is 10.3 Å². The first-order valence-corrected chi connectivity index (χ1v) is 10.6. The predicted molar refractivity (Wildman–Crippen MR) is 123 cm³/mol. The topological polar surface area (TPSA) is 204 Å². The molecule has 12 heteroatoms. The van der Waals surface area contributed by atoms with E-state index in [1.165, 1.54) is 12.1 Å². The molecule has 0 radical (unpaired) electrons. The van der Waals surface area contributed by atoms with Gasteiger partial charge in [-0.2, -0.15) is 0 Å². The van der Waals surface area contributed by atoms with Crippen molar-refractivity contribution in [2.75, 3.05) is 6.61 Å². The van der Waals surface area contributed by atoms with Crippen LogP contribution in [0.25, 0.3) is 0 Å². The van der Waals surface area contributed by atoms with E-state index in [-0.39, 0.29) is 36.7 Å². The smallest absolute Gasteiger partial charge is 0.347 e. The van der Waals surface area contributed by atoms with E-state index in [4.69, 9.17) is 31.2 Å². The highest BCUT2D eigenvalue weighted by Crippen LogP contribution is 2.30. The summed E-state index contributed by atoms with van der Waals surface area (Å²) < 4.78 is 11.3. The molecule has 0 aromatic heterocycles. The summed E-state index contributed by atoms with van der Waals surface area (Å²) in [6.07, 6.45) is -0.123. The number of ether oxygens (including phenoxy) is 2. The summed E-state index contributed by atoms with van der Waals surface area (Å²) in [5, 5.41) is 20.0. The van der Waals surface area contributed by atoms with Crippen molar-refractivity contribution in [1.29, 1.82) is 0 Å². The van der Waals surface area contributed by atoms with E-state index in [0.717, 1.165) is 5.56 Å². The summed E-state index contributed by atoms with van der Waals surface area (Å²) in [6.45, 7) is 0.224. The fraction of sp³-hybridized carbons (Fsp3) is 0.261. The van der Waals surface area contributed by atoms with Crippen LogP contribution in [0.15, 0.2) is 41.4 Å². The van der Waals surface area contributed by atoms with Crippen LogP contribution in [-0.2, 0) is 27.2 Å². The molecular formula is C23H24N4O8. The van der Waals surface area contributed by atoms with Crippen LogP contribution >= 0.6 is 0 Å². The maximum atomic E-state index is 12.7. The lowest BCUT2D eigenvalue weighted by atomic mass is 10.0. The van der Waals surface area contributed by atoms with Crippen LogP contribution in [0.1, 0.15) is 34.3 Å². The van der Waals surface area contributed by atoms with E-state index in [9.17, 15) is 19.2 Å². The number of benzene rings is 2. The van der Waals surface area contributed by atoms with Gasteiger partial charge in [-0.05, 0) is 35.7 Å². The average Bonchev–Trinajstić information content (AvgIpc) is 2.83. The average molecular weight is 484 g/mol. The molecule has 1 amide bonds. The summed E-state index contributed by atoms with van der Waals surface area (Å²) in [7, 11) is 0. The first-order valence-electron chi connectivity index (χ1n) is 10.6. The minimum atomic E-state index is -1.51. The Hall–Kier alpha value is -4.61. The van der Waals surface area contributed by atoms with Crippen molar-refractivity contribution in [2.45, 2.75) is 31.7 Å². The van der Waals surface area contributed by atoms with Crippen molar-refractivity contribution >= 4 is 35.5 Å². The highest BCUT2D eigenvalue weighted by Gasteiger charge is 2.23. The fourth-order valence-electron chi connectivity index (χ4n) is 3.43. The molecule has 0 fully saturated rings. The molecule has 7 N–H and O–H groups in total. The molecule has 12 nitrogen and oxygen atoms in total. The second kappa shape index (κ2) is 11.0. The maximum Gasteiger partial charge on any atom is 0.347 e. The lowest BCUT2D eigenvalue weighted by molar-refractivity contribution is -0.147. The number of carboxylic acid groups (broad SMARTS) is 2. The number of hydrogen-bond acceptors (Lipinski definition) is 7. The molecule has 3 rings (SSSR count). The first-order chi connectivity index (χ1) is 16.6. The molecular weight excluding hydrogens is 460 g/mol. The maximum absolute atomic E-state index is 12.7. The quantitative estimate of drug-likeness (QED) is 0.154. The van der Waals surface area contributed by atoms with Crippen molar-refractivity contribution in [3.63, 3.8) is 0 Å². The van der Waals surface area contributed by atoms with Crippen LogP contribution in [0.2, 0.25) is 0 Å². The largest absolute Gasteiger partial charge is 0.492 e. The number of aryl methyl sites for hydroxylation is 1. The third-order valence-corrected chi connectivity index (χ3v) is 5.05. The van der Waals surface area contributed by atoms with Gasteiger partial charge in [-0.1, -0.05) is 12.1 Å². The van der Waals surface area contributed by atoms with Crippen molar-refractivity contribution in [3.8, 4) is 11.5 Å². The number of amides is 1. The molecule has 1 aliphatic heterocycles. The lowest BCUT2D eigenvalue weighted by Gasteiger charge is -2.13. The van der Waals surface area contributed by atoms with Gasteiger partial charge in [-0.15, -0.1) is 0 Å². The molecule has 1 atom stereocenters. The number of hydrogen-bond donors (Lipinski definition) is 5. The Bertz CT molecular complexity index is 1190. The number of aliphatic imine (C=N–C) groups is 1. The summed E-state index contributed by atoms with van der Waals surface area (Å²) in [6, 6.07) is 8.16. The van der Waals surface area contributed by atoms with Gasteiger partial charge < -0.3 is 36.5 Å².